The smallest absolute Gasteiger partial charge is 0.446 e. The number of aromatic hydroxyl groups is 1. The number of nitrogens with zero attached hydrogens (tertiary/aromatic N) is 3. The number of hydrogen-bond acceptors (Lipinski definition) is 5. The molecule has 7 nitrogen and oxygen atoms in total. The maximum Gasteiger partial charge on any atom is 0.446 e. The van der Waals surface area contributed by atoms with E-state index >= 15 is 0 Å². The number of carbonyl (C=O) groups excluding carboxylic acids is 2. The molecule has 1 N–H and O–H groups in total. The van der Waals surface area contributed by atoms with Crippen LogP contribution < -0.4 is 4.84 Å². The van der Waals surface area contributed by atoms with Crippen molar-refractivity contribution in [3.8, 4) is 17.1 Å². The number of aliphatic imine (C=N–C) groups is 1. The summed E-state index contributed by atoms with van der Waals surface area (Å²) in [6.07, 6.45) is 0.567. The van der Waals surface area contributed by atoms with Crippen LogP contribution in [-0.2, 0) is 0 Å². The van der Waals surface area contributed by atoms with Crippen molar-refractivity contribution >= 4 is 29.9 Å². The van der Waals surface area contributed by atoms with Crippen molar-refractivity contribution in [1.82, 2.24) is 9.30 Å². The van der Waals surface area contributed by atoms with E-state index in [1.165, 1.54) is 6.20 Å². The molecular formula is C24H15N3O4S. The maximum atomic E-state index is 13.2. The third-order valence-corrected chi connectivity index (χ3v) is 5.37. The van der Waals surface area contributed by atoms with Gasteiger partial charge in [0.15, 0.2) is 0 Å². The summed E-state index contributed by atoms with van der Waals surface area (Å²) in [6, 6.07) is 22.8. The Morgan fingerprint density at radius 2 is 1.50 bits per heavy atom. The molecule has 0 saturated carbocycles. The number of aromatic nitrogens is 2. The quantitative estimate of drug-likeness (QED) is 0.474. The second-order valence-corrected chi connectivity index (χ2v) is 7.40. The fourth-order valence-corrected chi connectivity index (χ4v) is 3.85. The highest BCUT2D eigenvalue weighted by Gasteiger charge is 2.38. The van der Waals surface area contributed by atoms with Gasteiger partial charge in [0.25, 0.3) is 5.91 Å². The third-order valence-electron chi connectivity index (χ3n) is 5.05. The molecule has 1 aliphatic rings. The van der Waals surface area contributed by atoms with E-state index in [9.17, 15) is 14.7 Å². The van der Waals surface area contributed by atoms with Crippen molar-refractivity contribution in [2.75, 3.05) is 0 Å². The highest BCUT2D eigenvalue weighted by atomic mass is 32.1. The van der Waals surface area contributed by atoms with Crippen molar-refractivity contribution in [3.63, 3.8) is 0 Å². The molecule has 0 unspecified atom stereocenters. The Bertz CT molecular complexity index is 1450. The Kier molecular flexibility index (Phi) is 4.76. The van der Waals surface area contributed by atoms with Crippen molar-refractivity contribution < 1.29 is 19.5 Å². The van der Waals surface area contributed by atoms with Crippen molar-refractivity contribution in [1.29, 1.82) is 0 Å². The van der Waals surface area contributed by atoms with Crippen LogP contribution in [0, 0.1) is 4.64 Å². The molecule has 0 radical (unpaired) electrons. The SMILES string of the molecule is O=C1N=C(c2ccccc2)c2c1c(-c1ccccc1)n(C(=O)On1ccccc1=S)c2O. The lowest BCUT2D eigenvalue weighted by molar-refractivity contribution is 0.101. The number of carbonyl (C=O) groups is 2. The van der Waals surface area contributed by atoms with Gasteiger partial charge in [-0.3, -0.25) is 4.79 Å². The van der Waals surface area contributed by atoms with Gasteiger partial charge in [0.1, 0.15) is 4.64 Å². The number of fused-ring (bicyclic) bond motifs is 1. The lowest BCUT2D eigenvalue weighted by atomic mass is 10.0. The fourth-order valence-electron chi connectivity index (χ4n) is 3.67. The van der Waals surface area contributed by atoms with Crippen LogP contribution in [0.5, 0.6) is 5.88 Å². The minimum atomic E-state index is -0.918. The molecule has 0 aliphatic carbocycles. The van der Waals surface area contributed by atoms with Gasteiger partial charge in [-0.2, -0.15) is 4.73 Å². The molecule has 32 heavy (non-hydrogen) atoms. The maximum absolute atomic E-state index is 13.2. The van der Waals surface area contributed by atoms with Crippen LogP contribution in [0.1, 0.15) is 21.5 Å². The lowest BCUT2D eigenvalue weighted by Crippen LogP contribution is -2.26. The van der Waals surface area contributed by atoms with E-state index in [0.717, 1.165) is 9.30 Å². The highest BCUT2D eigenvalue weighted by Crippen LogP contribution is 2.40. The third kappa shape index (κ3) is 3.14. The molecule has 1 amide bonds. The van der Waals surface area contributed by atoms with Crippen molar-refractivity contribution in [2.45, 2.75) is 0 Å². The molecule has 1 aliphatic heterocycles. The standard InChI is InChI=1S/C24H15N3O4S/c28-22-19-18(20(25-22)15-9-3-1-4-10-15)23(29)27(21(19)16-11-5-2-6-12-16)24(30)31-26-14-8-7-13-17(26)32/h1-14,29H. The van der Waals surface area contributed by atoms with Crippen molar-refractivity contribution in [2.24, 2.45) is 4.99 Å². The van der Waals surface area contributed by atoms with Gasteiger partial charge in [0.2, 0.25) is 5.88 Å². The van der Waals surface area contributed by atoms with E-state index in [1.807, 2.05) is 12.1 Å². The summed E-state index contributed by atoms with van der Waals surface area (Å²) < 4.78 is 2.36. The van der Waals surface area contributed by atoms with E-state index in [0.29, 0.717) is 16.8 Å². The largest absolute Gasteiger partial charge is 0.494 e. The fraction of sp³-hybridized carbons (Fsp3) is 0. The highest BCUT2D eigenvalue weighted by molar-refractivity contribution is 7.71. The summed E-state index contributed by atoms with van der Waals surface area (Å²) in [5.41, 5.74) is 2.02. The normalized spacial score (nSPS) is 12.4. The minimum Gasteiger partial charge on any atom is -0.494 e. The Labute approximate surface area is 187 Å². The average Bonchev–Trinajstić information content (AvgIpc) is 3.32. The van der Waals surface area contributed by atoms with Gasteiger partial charge in [-0.1, -0.05) is 78.9 Å². The number of benzene rings is 2. The molecular weight excluding hydrogens is 426 g/mol. The van der Waals surface area contributed by atoms with E-state index in [4.69, 9.17) is 17.1 Å². The summed E-state index contributed by atoms with van der Waals surface area (Å²) >= 11 is 5.19. The number of amides is 1. The van der Waals surface area contributed by atoms with E-state index in [-0.39, 0.29) is 21.5 Å². The molecule has 0 saturated heterocycles. The zero-order valence-electron chi connectivity index (χ0n) is 16.5. The van der Waals surface area contributed by atoms with Gasteiger partial charge in [-0.25, -0.2) is 14.4 Å². The number of hydrogen-bond donors (Lipinski definition) is 1. The Hall–Kier alpha value is -4.30. The second kappa shape index (κ2) is 7.75. The summed E-state index contributed by atoms with van der Waals surface area (Å²) in [5, 5.41) is 11.2. The van der Waals surface area contributed by atoms with Gasteiger partial charge in [-0.05, 0) is 17.7 Å². The summed E-state index contributed by atoms with van der Waals surface area (Å²) in [4.78, 5) is 35.7. The van der Waals surface area contributed by atoms with Crippen LogP contribution in [0.25, 0.3) is 11.3 Å². The van der Waals surface area contributed by atoms with Gasteiger partial charge in [0.05, 0.1) is 22.5 Å². The first-order valence-electron chi connectivity index (χ1n) is 9.68. The molecule has 0 spiro atoms. The van der Waals surface area contributed by atoms with Crippen molar-refractivity contribution in [3.05, 3.63) is 106 Å². The molecule has 2 aromatic carbocycles. The van der Waals surface area contributed by atoms with Gasteiger partial charge in [0, 0.05) is 11.8 Å². The molecule has 0 bridgehead atoms. The molecule has 2 aromatic heterocycles. The summed E-state index contributed by atoms with van der Waals surface area (Å²) in [5.74, 6) is -0.976. The first-order valence-corrected chi connectivity index (χ1v) is 10.1. The lowest BCUT2D eigenvalue weighted by Gasteiger charge is -2.12. The van der Waals surface area contributed by atoms with Gasteiger partial charge < -0.3 is 9.94 Å². The van der Waals surface area contributed by atoms with Crippen LogP contribution in [0.3, 0.4) is 0 Å². The molecule has 0 fully saturated rings. The zero-order chi connectivity index (χ0) is 22.2. The van der Waals surface area contributed by atoms with Gasteiger partial charge >= 0.3 is 6.09 Å². The molecule has 156 valence electrons. The van der Waals surface area contributed by atoms with Crippen LogP contribution in [0.2, 0.25) is 0 Å². The van der Waals surface area contributed by atoms with E-state index < -0.39 is 17.9 Å². The molecule has 5 rings (SSSR count). The average molecular weight is 441 g/mol. The van der Waals surface area contributed by atoms with Crippen LogP contribution in [-0.4, -0.2) is 32.1 Å². The monoisotopic (exact) mass is 441 g/mol. The molecule has 4 aromatic rings. The zero-order valence-corrected chi connectivity index (χ0v) is 17.3. The topological polar surface area (TPSA) is 85.8 Å². The van der Waals surface area contributed by atoms with E-state index in [2.05, 4.69) is 4.99 Å². The van der Waals surface area contributed by atoms with Crippen LogP contribution in [0.4, 0.5) is 4.79 Å². The minimum absolute atomic E-state index is 0.140. The van der Waals surface area contributed by atoms with Crippen LogP contribution in [0.15, 0.2) is 90.1 Å². The predicted molar refractivity (Wildman–Crippen MR) is 121 cm³/mol. The number of rotatable bonds is 3. The Morgan fingerprint density at radius 3 is 2.16 bits per heavy atom. The Morgan fingerprint density at radius 1 is 0.875 bits per heavy atom. The predicted octanol–water partition coefficient (Wildman–Crippen LogP) is 4.48. The first-order chi connectivity index (χ1) is 15.6. The summed E-state index contributed by atoms with van der Waals surface area (Å²) in [6.45, 7) is 0. The van der Waals surface area contributed by atoms with E-state index in [1.54, 1.807) is 66.7 Å². The van der Waals surface area contributed by atoms with Crippen LogP contribution >= 0.6 is 12.2 Å². The Balaban J connectivity index is 1.73. The molecule has 0 atom stereocenters. The molecule has 8 heteroatoms. The molecule has 3 heterocycles. The second-order valence-electron chi connectivity index (χ2n) is 6.98. The number of pyridine rings is 1. The first kappa shape index (κ1) is 19.7. The summed E-state index contributed by atoms with van der Waals surface area (Å²) in [7, 11) is 0. The van der Waals surface area contributed by atoms with Gasteiger partial charge in [-0.15, -0.1) is 0 Å².